The van der Waals surface area contributed by atoms with Gasteiger partial charge in [0.15, 0.2) is 0 Å². The second-order valence-corrected chi connectivity index (χ2v) is 6.87. The van der Waals surface area contributed by atoms with E-state index in [-0.39, 0.29) is 11.0 Å². The number of unbranched alkanes of at least 4 members (excludes halogenated alkanes) is 1. The summed E-state index contributed by atoms with van der Waals surface area (Å²) in [6.45, 7) is 2.34. The highest BCUT2D eigenvalue weighted by Crippen LogP contribution is 2.16. The van der Waals surface area contributed by atoms with E-state index < -0.39 is 8.80 Å². The van der Waals surface area contributed by atoms with Gasteiger partial charge in [0.05, 0.1) is 13.2 Å². The van der Waals surface area contributed by atoms with Crippen LogP contribution in [0.2, 0.25) is 6.04 Å². The number of hydrogen-bond acceptors (Lipinski definition) is 5. The Labute approximate surface area is 109 Å². The lowest BCUT2D eigenvalue weighted by Crippen LogP contribution is -2.42. The Morgan fingerprint density at radius 1 is 1.12 bits per heavy atom. The number of rotatable bonds is 10. The predicted octanol–water partition coefficient (Wildman–Crippen LogP) is -0.391. The SMILES string of the molecule is CO[Si](CCCCOCC1CO1)(OC)OC.[SiH4]. The summed E-state index contributed by atoms with van der Waals surface area (Å²) in [4.78, 5) is 0. The fourth-order valence-electron chi connectivity index (χ4n) is 1.48. The van der Waals surface area contributed by atoms with Crippen LogP contribution in [-0.2, 0) is 22.8 Å². The third-order valence-corrected chi connectivity index (χ3v) is 5.49. The number of epoxide rings is 1. The molecule has 1 aliphatic heterocycles. The average Bonchev–Trinajstić information content (AvgIpc) is 3.13. The van der Waals surface area contributed by atoms with Gasteiger partial charge in [0.2, 0.25) is 0 Å². The van der Waals surface area contributed by atoms with Crippen LogP contribution in [0.5, 0.6) is 0 Å². The van der Waals surface area contributed by atoms with E-state index in [1.54, 1.807) is 21.3 Å². The van der Waals surface area contributed by atoms with Gasteiger partial charge in [0.25, 0.3) is 0 Å². The third kappa shape index (κ3) is 6.65. The minimum absolute atomic E-state index is 0. The molecule has 0 spiro atoms. The van der Waals surface area contributed by atoms with E-state index in [1.165, 1.54) is 0 Å². The lowest BCUT2D eigenvalue weighted by atomic mass is 10.3. The topological polar surface area (TPSA) is 49.5 Å². The van der Waals surface area contributed by atoms with Gasteiger partial charge >= 0.3 is 8.80 Å². The molecule has 7 heteroatoms. The minimum Gasteiger partial charge on any atom is -0.379 e. The third-order valence-electron chi connectivity index (χ3n) is 2.66. The van der Waals surface area contributed by atoms with Crippen molar-refractivity contribution in [2.45, 2.75) is 25.0 Å². The fourth-order valence-corrected chi connectivity index (χ4v) is 3.28. The van der Waals surface area contributed by atoms with E-state index in [2.05, 4.69) is 0 Å². The molecule has 0 amide bonds. The summed E-state index contributed by atoms with van der Waals surface area (Å²) in [7, 11) is 2.55. The van der Waals surface area contributed by atoms with Crippen molar-refractivity contribution in [1.82, 2.24) is 0 Å². The number of ether oxygens (including phenoxy) is 2. The second-order valence-electron chi connectivity index (χ2n) is 3.78. The van der Waals surface area contributed by atoms with Crippen molar-refractivity contribution in [3.63, 3.8) is 0 Å². The zero-order chi connectivity index (χ0) is 11.9. The van der Waals surface area contributed by atoms with E-state index >= 15 is 0 Å². The van der Waals surface area contributed by atoms with Gasteiger partial charge < -0.3 is 22.8 Å². The van der Waals surface area contributed by atoms with Crippen molar-refractivity contribution in [1.29, 1.82) is 0 Å². The van der Waals surface area contributed by atoms with E-state index in [0.29, 0.717) is 6.10 Å². The molecular weight excluding hydrogens is 256 g/mol. The molecule has 0 aromatic rings. The van der Waals surface area contributed by atoms with Crippen molar-refractivity contribution in [2.24, 2.45) is 0 Å². The summed E-state index contributed by atoms with van der Waals surface area (Å²) in [5.41, 5.74) is 0. The van der Waals surface area contributed by atoms with Crippen LogP contribution in [-0.4, -0.2) is 67.0 Å². The molecule has 1 heterocycles. The summed E-state index contributed by atoms with van der Waals surface area (Å²) < 4.78 is 26.5. The molecule has 17 heavy (non-hydrogen) atoms. The highest BCUT2D eigenvalue weighted by Gasteiger charge is 2.36. The van der Waals surface area contributed by atoms with Gasteiger partial charge in [0, 0.05) is 34.0 Å². The van der Waals surface area contributed by atoms with Crippen LogP contribution in [0.1, 0.15) is 12.8 Å². The van der Waals surface area contributed by atoms with Crippen LogP contribution >= 0.6 is 0 Å². The largest absolute Gasteiger partial charge is 0.500 e. The molecule has 0 aromatic heterocycles. The van der Waals surface area contributed by atoms with Crippen LogP contribution in [0.3, 0.4) is 0 Å². The van der Waals surface area contributed by atoms with Crippen molar-refractivity contribution >= 4 is 19.8 Å². The van der Waals surface area contributed by atoms with Gasteiger partial charge in [0.1, 0.15) is 6.10 Å². The molecule has 1 unspecified atom stereocenters. The minimum atomic E-state index is -2.37. The molecule has 0 aromatic carbocycles. The fraction of sp³-hybridized carbons (Fsp3) is 1.00. The van der Waals surface area contributed by atoms with Crippen LogP contribution in [0.15, 0.2) is 0 Å². The Morgan fingerprint density at radius 3 is 2.18 bits per heavy atom. The van der Waals surface area contributed by atoms with Crippen molar-refractivity contribution in [3.05, 3.63) is 0 Å². The summed E-state index contributed by atoms with van der Waals surface area (Å²) in [5, 5.41) is 0. The first-order valence-electron chi connectivity index (χ1n) is 5.61. The van der Waals surface area contributed by atoms with Gasteiger partial charge in [-0.1, -0.05) is 0 Å². The number of hydrogen-bond donors (Lipinski definition) is 0. The maximum atomic E-state index is 5.44. The lowest BCUT2D eigenvalue weighted by Gasteiger charge is -2.24. The molecule has 104 valence electrons. The molecule has 0 aliphatic carbocycles. The maximum absolute atomic E-state index is 5.44. The molecule has 1 aliphatic rings. The molecule has 1 rings (SSSR count). The second kappa shape index (κ2) is 9.20. The van der Waals surface area contributed by atoms with Crippen molar-refractivity contribution in [3.8, 4) is 0 Å². The van der Waals surface area contributed by atoms with Gasteiger partial charge in [-0.05, 0) is 23.8 Å². The Hall–Kier alpha value is 0.234. The Morgan fingerprint density at radius 2 is 1.71 bits per heavy atom. The Balaban J connectivity index is 0.00000256. The summed E-state index contributed by atoms with van der Waals surface area (Å²) >= 11 is 0. The standard InChI is InChI=1S/C10H22O5Si.H4Si/c1-11-16(12-2,13-3)7-5-4-6-14-8-10-9-15-10;/h10H,4-9H2,1-3H3;1H4. The Bertz CT molecular complexity index is 177. The average molecular weight is 282 g/mol. The molecule has 5 nitrogen and oxygen atoms in total. The van der Waals surface area contributed by atoms with E-state index in [0.717, 1.165) is 38.7 Å². The van der Waals surface area contributed by atoms with E-state index in [1.807, 2.05) is 0 Å². The zero-order valence-electron chi connectivity index (χ0n) is 10.4. The summed E-state index contributed by atoms with van der Waals surface area (Å²) in [6, 6.07) is 0.833. The molecule has 0 N–H and O–H groups in total. The molecule has 1 atom stereocenters. The monoisotopic (exact) mass is 282 g/mol. The first-order valence-corrected chi connectivity index (χ1v) is 7.54. The molecular formula is C10H26O5Si2. The van der Waals surface area contributed by atoms with Crippen LogP contribution in [0.25, 0.3) is 0 Å². The normalized spacial score (nSPS) is 18.9. The highest BCUT2D eigenvalue weighted by atomic mass is 28.4. The quantitative estimate of drug-likeness (QED) is 0.310. The van der Waals surface area contributed by atoms with Gasteiger partial charge in [-0.15, -0.1) is 0 Å². The molecule has 0 radical (unpaired) electrons. The molecule has 0 bridgehead atoms. The summed E-state index contributed by atoms with van der Waals surface area (Å²) in [5.74, 6) is 0. The summed E-state index contributed by atoms with van der Waals surface area (Å²) in [6.07, 6.45) is 2.34. The van der Waals surface area contributed by atoms with Gasteiger partial charge in [-0.25, -0.2) is 0 Å². The predicted molar refractivity (Wildman–Crippen MR) is 72.7 cm³/mol. The van der Waals surface area contributed by atoms with Crippen molar-refractivity contribution < 1.29 is 22.8 Å². The van der Waals surface area contributed by atoms with Gasteiger partial charge in [-0.3, -0.25) is 0 Å². The zero-order valence-corrected chi connectivity index (χ0v) is 11.4. The lowest BCUT2D eigenvalue weighted by molar-refractivity contribution is 0.107. The van der Waals surface area contributed by atoms with E-state index in [9.17, 15) is 0 Å². The highest BCUT2D eigenvalue weighted by molar-refractivity contribution is 6.60. The van der Waals surface area contributed by atoms with Crippen LogP contribution in [0, 0.1) is 0 Å². The molecule has 0 saturated carbocycles. The Kier molecular flexibility index (Phi) is 9.33. The van der Waals surface area contributed by atoms with Gasteiger partial charge in [-0.2, -0.15) is 0 Å². The smallest absolute Gasteiger partial charge is 0.379 e. The van der Waals surface area contributed by atoms with E-state index in [4.69, 9.17) is 22.8 Å². The maximum Gasteiger partial charge on any atom is 0.500 e. The van der Waals surface area contributed by atoms with Crippen molar-refractivity contribution in [2.75, 3.05) is 41.2 Å². The van der Waals surface area contributed by atoms with Crippen LogP contribution < -0.4 is 0 Å². The first-order chi connectivity index (χ1) is 7.76. The molecule has 1 saturated heterocycles. The first kappa shape index (κ1) is 17.2. The molecule has 1 fully saturated rings. The van der Waals surface area contributed by atoms with Crippen LogP contribution in [0.4, 0.5) is 0 Å².